The lowest BCUT2D eigenvalue weighted by molar-refractivity contribution is -0.141. The van der Waals surface area contributed by atoms with Gasteiger partial charge in [-0.1, -0.05) is 12.2 Å². The third-order valence-corrected chi connectivity index (χ3v) is 1.95. The van der Waals surface area contributed by atoms with Gasteiger partial charge < -0.3 is 4.98 Å². The predicted octanol–water partition coefficient (Wildman–Crippen LogP) is 2.94. The molecule has 0 aliphatic heterocycles. The number of pyridine rings is 1. The summed E-state index contributed by atoms with van der Waals surface area (Å²) in [6.45, 7) is 1.41. The summed E-state index contributed by atoms with van der Waals surface area (Å²) in [7, 11) is 0. The van der Waals surface area contributed by atoms with Crippen molar-refractivity contribution in [2.75, 3.05) is 0 Å². The molecular weight excluding hydrogens is 213 g/mol. The molecule has 74 valence electrons. The van der Waals surface area contributed by atoms with Crippen LogP contribution in [0.2, 0.25) is 0 Å². The third kappa shape index (κ3) is 1.93. The highest BCUT2D eigenvalue weighted by molar-refractivity contribution is 7.71. The number of hydrogen-bond donors (Lipinski definition) is 1. The Bertz CT molecular complexity index is 453. The number of nitriles is 1. The highest BCUT2D eigenvalue weighted by atomic mass is 32.1. The molecule has 0 saturated carbocycles. The number of aryl methyl sites for hydroxylation is 1. The Balaban J connectivity index is 3.45. The quantitative estimate of drug-likeness (QED) is 0.680. The van der Waals surface area contributed by atoms with E-state index in [0.29, 0.717) is 0 Å². The minimum absolute atomic E-state index is 0.0769. The van der Waals surface area contributed by atoms with Gasteiger partial charge in [-0.3, -0.25) is 0 Å². The molecule has 0 aliphatic rings. The van der Waals surface area contributed by atoms with E-state index < -0.39 is 11.9 Å². The Kier molecular flexibility index (Phi) is 2.62. The Morgan fingerprint density at radius 3 is 2.43 bits per heavy atom. The zero-order chi connectivity index (χ0) is 10.9. The molecular formula is C8H5F3N2S. The van der Waals surface area contributed by atoms with Gasteiger partial charge in [-0.05, 0) is 18.6 Å². The molecule has 0 atom stereocenters. The molecule has 1 N–H and O–H groups in total. The molecule has 0 amide bonds. The number of rotatable bonds is 0. The highest BCUT2D eigenvalue weighted by Gasteiger charge is 2.32. The molecule has 0 unspecified atom stereocenters. The summed E-state index contributed by atoms with van der Waals surface area (Å²) in [5.74, 6) is 0. The lowest BCUT2D eigenvalue weighted by atomic mass is 10.1. The first-order valence-corrected chi connectivity index (χ1v) is 3.98. The van der Waals surface area contributed by atoms with Crippen molar-refractivity contribution in [2.24, 2.45) is 0 Å². The van der Waals surface area contributed by atoms with Crippen molar-refractivity contribution >= 4 is 12.2 Å². The molecule has 1 rings (SSSR count). The first-order chi connectivity index (χ1) is 6.36. The zero-order valence-corrected chi connectivity index (χ0v) is 7.88. The molecule has 2 nitrogen and oxygen atoms in total. The smallest absolute Gasteiger partial charge is 0.341 e. The maximum Gasteiger partial charge on any atom is 0.431 e. The van der Waals surface area contributed by atoms with E-state index in [-0.39, 0.29) is 15.8 Å². The Labute approximate surface area is 83.0 Å². The molecule has 0 fully saturated rings. The van der Waals surface area contributed by atoms with E-state index >= 15 is 0 Å². The second-order valence-corrected chi connectivity index (χ2v) is 3.09. The summed E-state index contributed by atoms with van der Waals surface area (Å²) in [6, 6.07) is 2.61. The topological polar surface area (TPSA) is 39.6 Å². The van der Waals surface area contributed by atoms with Crippen molar-refractivity contribution < 1.29 is 13.2 Å². The number of halogens is 3. The Hall–Kier alpha value is -1.35. The lowest BCUT2D eigenvalue weighted by Gasteiger charge is -2.08. The molecule has 0 aromatic carbocycles. The highest BCUT2D eigenvalue weighted by Crippen LogP contribution is 2.28. The summed E-state index contributed by atoms with van der Waals surface area (Å²) < 4.78 is 36.5. The van der Waals surface area contributed by atoms with Gasteiger partial charge in [-0.25, -0.2) is 0 Å². The van der Waals surface area contributed by atoms with Gasteiger partial charge in [0.05, 0.1) is 5.56 Å². The van der Waals surface area contributed by atoms with Crippen LogP contribution in [0.15, 0.2) is 6.07 Å². The van der Waals surface area contributed by atoms with Crippen LogP contribution >= 0.6 is 12.2 Å². The summed E-state index contributed by atoms with van der Waals surface area (Å²) in [5.41, 5.74) is -0.629. The van der Waals surface area contributed by atoms with Crippen LogP contribution in [-0.4, -0.2) is 4.98 Å². The van der Waals surface area contributed by atoms with Crippen LogP contribution in [0.3, 0.4) is 0 Å². The number of nitrogens with one attached hydrogen (secondary N) is 1. The van der Waals surface area contributed by atoms with Gasteiger partial charge in [-0.2, -0.15) is 18.4 Å². The average Bonchev–Trinajstić information content (AvgIpc) is 2.01. The summed E-state index contributed by atoms with van der Waals surface area (Å²) in [5, 5.41) is 8.58. The summed E-state index contributed by atoms with van der Waals surface area (Å²) in [6.07, 6.45) is -4.47. The van der Waals surface area contributed by atoms with E-state index in [1.165, 1.54) is 6.92 Å². The largest absolute Gasteiger partial charge is 0.431 e. The van der Waals surface area contributed by atoms with Crippen LogP contribution in [0.25, 0.3) is 0 Å². The van der Waals surface area contributed by atoms with Crippen molar-refractivity contribution in [3.05, 3.63) is 27.5 Å². The van der Waals surface area contributed by atoms with E-state index in [4.69, 9.17) is 5.26 Å². The predicted molar refractivity (Wildman–Crippen MR) is 46.1 cm³/mol. The minimum Gasteiger partial charge on any atom is -0.341 e. The number of nitrogens with zero attached hydrogens (tertiary/aromatic N) is 1. The molecule has 0 radical (unpaired) electrons. The second-order valence-electron chi connectivity index (χ2n) is 2.68. The average molecular weight is 218 g/mol. The maximum atomic E-state index is 12.2. The van der Waals surface area contributed by atoms with Crippen LogP contribution in [-0.2, 0) is 6.18 Å². The molecule has 14 heavy (non-hydrogen) atoms. The van der Waals surface area contributed by atoms with Gasteiger partial charge in [0.25, 0.3) is 0 Å². The van der Waals surface area contributed by atoms with Gasteiger partial charge in [0.2, 0.25) is 0 Å². The molecule has 0 saturated heterocycles. The number of hydrogen-bond acceptors (Lipinski definition) is 2. The maximum absolute atomic E-state index is 12.2. The van der Waals surface area contributed by atoms with Crippen LogP contribution in [0.5, 0.6) is 0 Å². The molecule has 1 aromatic heterocycles. The van der Waals surface area contributed by atoms with Crippen molar-refractivity contribution in [3.63, 3.8) is 0 Å². The van der Waals surface area contributed by atoms with Crippen molar-refractivity contribution in [1.29, 1.82) is 5.26 Å². The van der Waals surface area contributed by atoms with E-state index in [9.17, 15) is 13.2 Å². The minimum atomic E-state index is -4.47. The number of aromatic nitrogens is 1. The summed E-state index contributed by atoms with van der Waals surface area (Å²) >= 11 is 4.62. The Morgan fingerprint density at radius 2 is 2.07 bits per heavy atom. The first-order valence-electron chi connectivity index (χ1n) is 3.57. The van der Waals surface area contributed by atoms with E-state index in [0.717, 1.165) is 6.07 Å². The fourth-order valence-corrected chi connectivity index (χ4v) is 1.30. The molecule has 1 heterocycles. The van der Waals surface area contributed by atoms with Crippen molar-refractivity contribution in [1.82, 2.24) is 4.98 Å². The number of alkyl halides is 3. The third-order valence-electron chi connectivity index (χ3n) is 1.65. The standard InChI is InChI=1S/C8H5F3N2S/c1-4-2-6(8(9,10)11)13-7(14)5(4)3-12/h2H,1H3,(H,13,14). The normalized spacial score (nSPS) is 11.1. The van der Waals surface area contributed by atoms with Gasteiger partial charge in [-0.15, -0.1) is 0 Å². The second kappa shape index (κ2) is 3.42. The SMILES string of the molecule is Cc1cc(C(F)(F)F)[nH]c(=S)c1C#N. The fraction of sp³-hybridized carbons (Fsp3) is 0.250. The van der Waals surface area contributed by atoms with Gasteiger partial charge >= 0.3 is 6.18 Å². The Morgan fingerprint density at radius 1 is 1.50 bits per heavy atom. The number of aromatic amines is 1. The molecule has 6 heteroatoms. The molecule has 0 bridgehead atoms. The van der Waals surface area contributed by atoms with Gasteiger partial charge in [0.15, 0.2) is 0 Å². The molecule has 1 aromatic rings. The van der Waals surface area contributed by atoms with Crippen LogP contribution < -0.4 is 0 Å². The lowest BCUT2D eigenvalue weighted by Crippen LogP contribution is -2.09. The van der Waals surface area contributed by atoms with E-state index in [1.807, 2.05) is 4.98 Å². The van der Waals surface area contributed by atoms with E-state index in [1.54, 1.807) is 6.07 Å². The first kappa shape index (κ1) is 10.7. The molecule has 0 aliphatic carbocycles. The van der Waals surface area contributed by atoms with Crippen LogP contribution in [0.4, 0.5) is 13.2 Å². The summed E-state index contributed by atoms with van der Waals surface area (Å²) in [4.78, 5) is 1.97. The zero-order valence-electron chi connectivity index (χ0n) is 7.07. The van der Waals surface area contributed by atoms with Gasteiger partial charge in [0, 0.05) is 0 Å². The molecule has 0 spiro atoms. The van der Waals surface area contributed by atoms with Crippen molar-refractivity contribution in [3.8, 4) is 6.07 Å². The van der Waals surface area contributed by atoms with Crippen LogP contribution in [0.1, 0.15) is 16.8 Å². The van der Waals surface area contributed by atoms with Crippen molar-refractivity contribution in [2.45, 2.75) is 13.1 Å². The monoisotopic (exact) mass is 218 g/mol. The van der Waals surface area contributed by atoms with E-state index in [2.05, 4.69) is 12.2 Å². The van der Waals surface area contributed by atoms with Gasteiger partial charge in [0.1, 0.15) is 16.4 Å². The van der Waals surface area contributed by atoms with Crippen LogP contribution in [0, 0.1) is 22.9 Å². The number of H-pyrrole nitrogens is 1. The fourth-order valence-electron chi connectivity index (χ4n) is 0.980.